The molecular weight excluding hydrogens is 280 g/mol. The van der Waals surface area contributed by atoms with Crippen molar-refractivity contribution in [2.45, 2.75) is 44.0 Å². The Morgan fingerprint density at radius 3 is 2.63 bits per heavy atom. The molecule has 0 saturated carbocycles. The van der Waals surface area contributed by atoms with Crippen LogP contribution in [0.2, 0.25) is 0 Å². The van der Waals surface area contributed by atoms with Crippen LogP contribution < -0.4 is 5.73 Å². The number of rotatable bonds is 3. The molecule has 3 atom stereocenters. The van der Waals surface area contributed by atoms with Gasteiger partial charge in [0, 0.05) is 24.0 Å². The number of piperidine rings is 1. The fraction of sp³-hybridized carbons (Fsp3) is 0.692. The normalized spacial score (nSPS) is 29.6. The summed E-state index contributed by atoms with van der Waals surface area (Å²) in [5, 5.41) is 0. The minimum absolute atomic E-state index is 0.0598. The Hall–Kier alpha value is -0.430. The highest BCUT2D eigenvalue weighted by Crippen LogP contribution is 2.33. The van der Waals surface area contributed by atoms with Gasteiger partial charge in [-0.2, -0.15) is 4.31 Å². The van der Waals surface area contributed by atoms with E-state index >= 15 is 0 Å². The maximum absolute atomic E-state index is 12.7. The van der Waals surface area contributed by atoms with Gasteiger partial charge in [-0.15, -0.1) is 11.3 Å². The van der Waals surface area contributed by atoms with Crippen molar-refractivity contribution in [3.8, 4) is 0 Å². The van der Waals surface area contributed by atoms with Gasteiger partial charge < -0.3 is 5.73 Å². The Balaban J connectivity index is 2.32. The van der Waals surface area contributed by atoms with E-state index in [1.807, 2.05) is 6.92 Å². The van der Waals surface area contributed by atoms with Crippen LogP contribution in [0, 0.1) is 11.8 Å². The van der Waals surface area contributed by atoms with E-state index in [4.69, 9.17) is 5.73 Å². The van der Waals surface area contributed by atoms with Crippen LogP contribution in [0.15, 0.2) is 16.3 Å². The van der Waals surface area contributed by atoms with Crippen LogP contribution >= 0.6 is 11.3 Å². The second-order valence-corrected chi connectivity index (χ2v) is 8.84. The Morgan fingerprint density at radius 2 is 2.05 bits per heavy atom. The predicted molar refractivity (Wildman–Crippen MR) is 78.5 cm³/mol. The molecule has 1 aromatic rings. The highest BCUT2D eigenvalue weighted by atomic mass is 32.2. The topological polar surface area (TPSA) is 63.4 Å². The molecule has 19 heavy (non-hydrogen) atoms. The molecule has 1 aliphatic rings. The van der Waals surface area contributed by atoms with Gasteiger partial charge in [0.2, 0.25) is 0 Å². The van der Waals surface area contributed by atoms with Crippen LogP contribution in [0.4, 0.5) is 0 Å². The Labute approximate surface area is 119 Å². The van der Waals surface area contributed by atoms with Crippen molar-refractivity contribution in [1.82, 2.24) is 4.31 Å². The molecule has 2 heterocycles. The minimum Gasteiger partial charge on any atom is -0.326 e. The summed E-state index contributed by atoms with van der Waals surface area (Å²) in [6.07, 6.45) is 1.09. The molecule has 1 fully saturated rings. The van der Waals surface area contributed by atoms with Gasteiger partial charge >= 0.3 is 0 Å². The highest BCUT2D eigenvalue weighted by Gasteiger charge is 2.37. The lowest BCUT2D eigenvalue weighted by Crippen LogP contribution is -2.48. The largest absolute Gasteiger partial charge is 0.326 e. The van der Waals surface area contributed by atoms with Crippen molar-refractivity contribution in [3.05, 3.63) is 17.0 Å². The number of nitrogens with two attached hydrogens (primary N) is 1. The van der Waals surface area contributed by atoms with Gasteiger partial charge in [0.05, 0.1) is 0 Å². The zero-order valence-corrected chi connectivity index (χ0v) is 13.3. The summed E-state index contributed by atoms with van der Waals surface area (Å²) >= 11 is 1.28. The zero-order valence-electron chi connectivity index (χ0n) is 11.7. The standard InChI is InChI=1S/C13H22N2O2S2/c1-9-6-10(2)11(3)15(8-9)19(16,17)13-5-4-12(7-14)18-13/h4-5,9-11H,6-8,14H2,1-3H3. The van der Waals surface area contributed by atoms with Crippen LogP contribution in [-0.4, -0.2) is 25.3 Å². The van der Waals surface area contributed by atoms with Crippen LogP contribution in [0.3, 0.4) is 0 Å². The predicted octanol–water partition coefficient (Wildman–Crippen LogP) is 2.26. The summed E-state index contributed by atoms with van der Waals surface area (Å²) in [5.41, 5.74) is 5.56. The van der Waals surface area contributed by atoms with Gasteiger partial charge in [0.1, 0.15) is 4.21 Å². The summed E-state index contributed by atoms with van der Waals surface area (Å²) in [4.78, 5) is 0.907. The van der Waals surface area contributed by atoms with E-state index < -0.39 is 10.0 Å². The van der Waals surface area contributed by atoms with E-state index in [0.29, 0.717) is 29.1 Å². The molecule has 0 aliphatic carbocycles. The first-order valence-electron chi connectivity index (χ1n) is 6.67. The van der Waals surface area contributed by atoms with E-state index in [2.05, 4.69) is 13.8 Å². The van der Waals surface area contributed by atoms with Gasteiger partial charge in [-0.3, -0.25) is 0 Å². The van der Waals surface area contributed by atoms with Gasteiger partial charge in [-0.25, -0.2) is 8.42 Å². The fourth-order valence-electron chi connectivity index (χ4n) is 2.70. The molecule has 4 nitrogen and oxygen atoms in total. The molecule has 0 spiro atoms. The van der Waals surface area contributed by atoms with Gasteiger partial charge in [0.15, 0.2) is 0 Å². The van der Waals surface area contributed by atoms with Crippen molar-refractivity contribution >= 4 is 21.4 Å². The fourth-order valence-corrected chi connectivity index (χ4v) is 5.91. The van der Waals surface area contributed by atoms with Gasteiger partial charge in [0.25, 0.3) is 10.0 Å². The summed E-state index contributed by atoms with van der Waals surface area (Å²) in [6.45, 7) is 7.25. The Morgan fingerprint density at radius 1 is 1.37 bits per heavy atom. The average Bonchev–Trinajstić information content (AvgIpc) is 2.83. The third-order valence-electron chi connectivity index (χ3n) is 3.94. The third kappa shape index (κ3) is 2.86. The van der Waals surface area contributed by atoms with Crippen LogP contribution in [0.5, 0.6) is 0 Å². The molecule has 6 heteroatoms. The first-order chi connectivity index (χ1) is 8.86. The summed E-state index contributed by atoms with van der Waals surface area (Å²) < 4.78 is 27.5. The number of hydrogen-bond donors (Lipinski definition) is 1. The van der Waals surface area contributed by atoms with Crippen molar-refractivity contribution < 1.29 is 8.42 Å². The number of nitrogens with zero attached hydrogens (tertiary/aromatic N) is 1. The molecular formula is C13H22N2O2S2. The molecule has 0 bridgehead atoms. The van der Waals surface area contributed by atoms with E-state index in [1.54, 1.807) is 16.4 Å². The molecule has 0 aromatic carbocycles. The number of thiophene rings is 1. The van der Waals surface area contributed by atoms with Crippen molar-refractivity contribution in [2.75, 3.05) is 6.54 Å². The molecule has 2 N–H and O–H groups in total. The van der Waals surface area contributed by atoms with Gasteiger partial charge in [-0.05, 0) is 37.3 Å². The number of sulfonamides is 1. The molecule has 0 radical (unpaired) electrons. The second-order valence-electron chi connectivity index (χ2n) is 5.56. The molecule has 2 rings (SSSR count). The lowest BCUT2D eigenvalue weighted by molar-refractivity contribution is 0.157. The second kappa shape index (κ2) is 5.52. The SMILES string of the molecule is CC1CC(C)C(C)N(S(=O)(=O)c2ccc(CN)s2)C1. The van der Waals surface area contributed by atoms with E-state index in [9.17, 15) is 8.42 Å². The molecule has 108 valence electrons. The van der Waals surface area contributed by atoms with Crippen LogP contribution in [0.25, 0.3) is 0 Å². The maximum atomic E-state index is 12.7. The van der Waals surface area contributed by atoms with Crippen molar-refractivity contribution in [1.29, 1.82) is 0 Å². The first-order valence-corrected chi connectivity index (χ1v) is 8.92. The lowest BCUT2D eigenvalue weighted by Gasteiger charge is -2.39. The highest BCUT2D eigenvalue weighted by molar-refractivity contribution is 7.91. The smallest absolute Gasteiger partial charge is 0.252 e. The maximum Gasteiger partial charge on any atom is 0.252 e. The van der Waals surface area contributed by atoms with Gasteiger partial charge in [-0.1, -0.05) is 13.8 Å². The monoisotopic (exact) mass is 302 g/mol. The van der Waals surface area contributed by atoms with Crippen LogP contribution in [-0.2, 0) is 16.6 Å². The van der Waals surface area contributed by atoms with Crippen molar-refractivity contribution in [2.24, 2.45) is 17.6 Å². The van der Waals surface area contributed by atoms with E-state index in [0.717, 1.165) is 11.3 Å². The van der Waals surface area contributed by atoms with E-state index in [-0.39, 0.29) is 6.04 Å². The summed E-state index contributed by atoms with van der Waals surface area (Å²) in [5.74, 6) is 0.808. The summed E-state index contributed by atoms with van der Waals surface area (Å²) in [7, 11) is -3.37. The Bertz CT molecular complexity index is 539. The zero-order chi connectivity index (χ0) is 14.2. The van der Waals surface area contributed by atoms with Crippen LogP contribution in [0.1, 0.15) is 32.1 Å². The molecule has 1 aliphatic heterocycles. The number of hydrogen-bond acceptors (Lipinski definition) is 4. The minimum atomic E-state index is -3.37. The summed E-state index contributed by atoms with van der Waals surface area (Å²) in [6, 6.07) is 3.54. The molecule has 3 unspecified atom stereocenters. The molecule has 1 aromatic heterocycles. The molecule has 0 amide bonds. The van der Waals surface area contributed by atoms with Crippen molar-refractivity contribution in [3.63, 3.8) is 0 Å². The van der Waals surface area contributed by atoms with E-state index in [1.165, 1.54) is 11.3 Å². The average molecular weight is 302 g/mol. The molecule has 1 saturated heterocycles. The Kier molecular flexibility index (Phi) is 4.35. The first kappa shape index (κ1) is 15.0. The lowest BCUT2D eigenvalue weighted by atomic mass is 9.88. The third-order valence-corrected chi connectivity index (χ3v) is 7.47. The quantitative estimate of drug-likeness (QED) is 0.931.